The molecule has 0 N–H and O–H groups in total. The van der Waals surface area contributed by atoms with Gasteiger partial charge in [-0.25, -0.2) is 0 Å². The molecule has 0 rings (SSSR count). The van der Waals surface area contributed by atoms with Crippen molar-refractivity contribution in [1.82, 2.24) is 0 Å². The van der Waals surface area contributed by atoms with Gasteiger partial charge in [-0.15, -0.1) is 0 Å². The van der Waals surface area contributed by atoms with Crippen molar-refractivity contribution in [3.63, 3.8) is 0 Å². The molecule has 0 spiro atoms. The Morgan fingerprint density at radius 3 is 0.755 bits per heavy atom. The quantitative estimate of drug-likeness (QED) is 0.0351. The molecule has 0 aromatic rings. The molecule has 53 heavy (non-hydrogen) atoms. The van der Waals surface area contributed by atoms with E-state index in [9.17, 15) is 14.4 Å². The highest BCUT2D eigenvalue weighted by molar-refractivity contribution is 5.71. The maximum atomic E-state index is 12.7. The minimum absolute atomic E-state index is 0.0625. The second kappa shape index (κ2) is 43.1. The van der Waals surface area contributed by atoms with E-state index in [2.05, 4.69) is 20.8 Å². The first-order valence-corrected chi connectivity index (χ1v) is 23.5. The summed E-state index contributed by atoms with van der Waals surface area (Å²) in [6, 6.07) is 0. The normalized spacial score (nSPS) is 11.8. The van der Waals surface area contributed by atoms with Crippen LogP contribution in [0.15, 0.2) is 0 Å². The molecule has 0 saturated carbocycles. The van der Waals surface area contributed by atoms with Crippen molar-refractivity contribution >= 4 is 17.9 Å². The zero-order valence-corrected chi connectivity index (χ0v) is 35.8. The maximum Gasteiger partial charge on any atom is 0.306 e. The van der Waals surface area contributed by atoms with Crippen LogP contribution in [-0.4, -0.2) is 37.2 Å². The summed E-state index contributed by atoms with van der Waals surface area (Å²) in [5.74, 6) is -0.850. The Bertz CT molecular complexity index is 783. The third-order valence-electron chi connectivity index (χ3n) is 10.6. The van der Waals surface area contributed by atoms with Crippen LogP contribution in [0.25, 0.3) is 0 Å². The summed E-state index contributed by atoms with van der Waals surface area (Å²) in [6.07, 6.45) is 43.6. The van der Waals surface area contributed by atoms with Crippen LogP contribution in [0.1, 0.15) is 265 Å². The Balaban J connectivity index is 4.31. The van der Waals surface area contributed by atoms with Gasteiger partial charge >= 0.3 is 17.9 Å². The highest BCUT2D eigenvalue weighted by Crippen LogP contribution is 2.16. The molecular formula is C47H90O6. The number of hydrogen-bond donors (Lipinski definition) is 0. The number of rotatable bonds is 43. The van der Waals surface area contributed by atoms with Gasteiger partial charge < -0.3 is 14.2 Å². The molecule has 0 unspecified atom stereocenters. The van der Waals surface area contributed by atoms with Gasteiger partial charge in [0.05, 0.1) is 0 Å². The average Bonchev–Trinajstić information content (AvgIpc) is 3.15. The lowest BCUT2D eigenvalue weighted by atomic mass is 10.0. The van der Waals surface area contributed by atoms with Gasteiger partial charge in [-0.2, -0.15) is 0 Å². The molecule has 0 aromatic carbocycles. The predicted molar refractivity (Wildman–Crippen MR) is 224 cm³/mol. The Morgan fingerprint density at radius 1 is 0.302 bits per heavy atom. The monoisotopic (exact) mass is 751 g/mol. The smallest absolute Gasteiger partial charge is 0.306 e. The lowest BCUT2D eigenvalue weighted by molar-refractivity contribution is -0.167. The summed E-state index contributed by atoms with van der Waals surface area (Å²) in [5.41, 5.74) is 0. The second-order valence-electron chi connectivity index (χ2n) is 16.0. The lowest BCUT2D eigenvalue weighted by Gasteiger charge is -2.18. The van der Waals surface area contributed by atoms with E-state index in [-0.39, 0.29) is 31.1 Å². The van der Waals surface area contributed by atoms with E-state index in [1.807, 2.05) is 0 Å². The standard InChI is InChI=1S/C47H90O6/c1-4-7-10-13-16-19-22-24-26-28-31-34-37-40-46(49)52-43-44(42-51-45(48)39-36-33-30-27-21-18-15-12-9-6-3)53-47(50)41-38-35-32-29-25-23-20-17-14-11-8-5-2/h44H,4-43H2,1-3H3/t44-/m1/s1. The molecule has 0 bridgehead atoms. The summed E-state index contributed by atoms with van der Waals surface area (Å²) in [5, 5.41) is 0. The third kappa shape index (κ3) is 41.4. The van der Waals surface area contributed by atoms with Gasteiger partial charge in [-0.1, -0.05) is 226 Å². The molecule has 6 nitrogen and oxygen atoms in total. The van der Waals surface area contributed by atoms with Gasteiger partial charge in [-0.05, 0) is 19.3 Å². The number of ether oxygens (including phenoxy) is 3. The van der Waals surface area contributed by atoms with E-state index in [1.165, 1.54) is 167 Å². The first kappa shape index (κ1) is 51.4. The molecular weight excluding hydrogens is 661 g/mol. The third-order valence-corrected chi connectivity index (χ3v) is 10.6. The van der Waals surface area contributed by atoms with Gasteiger partial charge in [0.1, 0.15) is 13.2 Å². The predicted octanol–water partition coefficient (Wildman–Crippen LogP) is 14.9. The van der Waals surface area contributed by atoms with Gasteiger partial charge in [0.15, 0.2) is 6.10 Å². The second-order valence-corrected chi connectivity index (χ2v) is 16.0. The summed E-state index contributed by atoms with van der Waals surface area (Å²) >= 11 is 0. The van der Waals surface area contributed by atoms with E-state index in [0.29, 0.717) is 19.3 Å². The van der Waals surface area contributed by atoms with Crippen LogP contribution in [0.2, 0.25) is 0 Å². The molecule has 1 atom stereocenters. The Kier molecular flexibility index (Phi) is 41.8. The van der Waals surface area contributed by atoms with Crippen LogP contribution in [0.4, 0.5) is 0 Å². The summed E-state index contributed by atoms with van der Waals surface area (Å²) in [4.78, 5) is 37.7. The van der Waals surface area contributed by atoms with Gasteiger partial charge in [0.2, 0.25) is 0 Å². The fourth-order valence-electron chi connectivity index (χ4n) is 7.03. The SMILES string of the molecule is CCCCCCCCCCCCCCCC(=O)OC[C@@H](COC(=O)CCCCCCCCCCCC)OC(=O)CCCCCCCCCCCCCC. The number of carbonyl (C=O) groups is 3. The zero-order chi connectivity index (χ0) is 38.7. The molecule has 314 valence electrons. The summed E-state index contributed by atoms with van der Waals surface area (Å²) < 4.78 is 16.7. The van der Waals surface area contributed by atoms with Crippen molar-refractivity contribution in [3.05, 3.63) is 0 Å². The van der Waals surface area contributed by atoms with Crippen molar-refractivity contribution < 1.29 is 28.6 Å². The molecule has 0 aromatic heterocycles. The molecule has 0 amide bonds. The van der Waals surface area contributed by atoms with Crippen LogP contribution in [-0.2, 0) is 28.6 Å². The minimum Gasteiger partial charge on any atom is -0.462 e. The van der Waals surface area contributed by atoms with E-state index in [0.717, 1.165) is 57.8 Å². The Hall–Kier alpha value is -1.59. The number of hydrogen-bond acceptors (Lipinski definition) is 6. The molecule has 0 fully saturated rings. The Morgan fingerprint density at radius 2 is 0.509 bits per heavy atom. The van der Waals surface area contributed by atoms with Crippen LogP contribution < -0.4 is 0 Å². The fraction of sp³-hybridized carbons (Fsp3) is 0.936. The number of carbonyl (C=O) groups excluding carboxylic acids is 3. The van der Waals surface area contributed by atoms with Gasteiger partial charge in [-0.3, -0.25) is 14.4 Å². The minimum atomic E-state index is -0.757. The highest BCUT2D eigenvalue weighted by atomic mass is 16.6. The molecule has 0 aliphatic carbocycles. The molecule has 0 aliphatic rings. The van der Waals surface area contributed by atoms with Crippen molar-refractivity contribution in [2.24, 2.45) is 0 Å². The largest absolute Gasteiger partial charge is 0.462 e. The van der Waals surface area contributed by atoms with Crippen LogP contribution in [0.3, 0.4) is 0 Å². The lowest BCUT2D eigenvalue weighted by Crippen LogP contribution is -2.30. The van der Waals surface area contributed by atoms with Gasteiger partial charge in [0.25, 0.3) is 0 Å². The van der Waals surface area contributed by atoms with Crippen molar-refractivity contribution in [3.8, 4) is 0 Å². The van der Waals surface area contributed by atoms with Gasteiger partial charge in [0, 0.05) is 19.3 Å². The fourth-order valence-corrected chi connectivity index (χ4v) is 7.03. The van der Waals surface area contributed by atoms with E-state index >= 15 is 0 Å². The average molecular weight is 751 g/mol. The molecule has 0 saturated heterocycles. The van der Waals surface area contributed by atoms with Crippen molar-refractivity contribution in [2.75, 3.05) is 13.2 Å². The molecule has 6 heteroatoms. The van der Waals surface area contributed by atoms with Crippen LogP contribution >= 0.6 is 0 Å². The molecule has 0 radical (unpaired) electrons. The van der Waals surface area contributed by atoms with Crippen LogP contribution in [0.5, 0.6) is 0 Å². The topological polar surface area (TPSA) is 78.9 Å². The summed E-state index contributed by atoms with van der Waals surface area (Å²) in [7, 11) is 0. The molecule has 0 heterocycles. The Labute approximate surface area is 329 Å². The number of esters is 3. The molecule has 0 aliphatic heterocycles. The first-order valence-electron chi connectivity index (χ1n) is 23.5. The van der Waals surface area contributed by atoms with E-state index in [1.54, 1.807) is 0 Å². The van der Waals surface area contributed by atoms with Crippen molar-refractivity contribution in [2.45, 2.75) is 271 Å². The zero-order valence-electron chi connectivity index (χ0n) is 35.8. The maximum absolute atomic E-state index is 12.7. The first-order chi connectivity index (χ1) is 26.0. The highest BCUT2D eigenvalue weighted by Gasteiger charge is 2.19. The number of unbranched alkanes of at least 4 members (excludes halogenated alkanes) is 32. The van der Waals surface area contributed by atoms with Crippen molar-refractivity contribution in [1.29, 1.82) is 0 Å². The van der Waals surface area contributed by atoms with E-state index in [4.69, 9.17) is 14.2 Å². The summed E-state index contributed by atoms with van der Waals surface area (Å²) in [6.45, 7) is 6.64. The van der Waals surface area contributed by atoms with Crippen LogP contribution in [0, 0.1) is 0 Å². The van der Waals surface area contributed by atoms with E-state index < -0.39 is 6.10 Å².